The number of hydrogen-bond donors (Lipinski definition) is 0. The second kappa shape index (κ2) is 6.86. The maximum absolute atomic E-state index is 9.33. The van der Waals surface area contributed by atoms with E-state index in [9.17, 15) is 13.0 Å². The summed E-state index contributed by atoms with van der Waals surface area (Å²) in [5, 5.41) is 0. The lowest BCUT2D eigenvalue weighted by atomic mass is 11.8. The first-order chi connectivity index (χ1) is 4.79. The van der Waals surface area contributed by atoms with Crippen LogP contribution >= 0.6 is 0 Å². The predicted molar refractivity (Wildman–Crippen MR) is 42.9 cm³/mol. The lowest BCUT2D eigenvalue weighted by molar-refractivity contribution is -0.180. The van der Waals surface area contributed by atoms with Gasteiger partial charge in [0.1, 0.15) is 0 Å². The van der Waals surface area contributed by atoms with Crippen LogP contribution in [0.3, 0.4) is 0 Å². The molecule has 0 amide bonds. The maximum Gasteiger partial charge on any atom is 0.245 e. The Balaban J connectivity index is 0. The lowest BCUT2D eigenvalue weighted by Gasteiger charge is -2.00. The highest BCUT2D eigenvalue weighted by atomic mass is 32.3. The highest BCUT2D eigenvalue weighted by Gasteiger charge is 1.87. The minimum atomic E-state index is -4.65. The molecule has 0 aromatic carbocycles. The van der Waals surface area contributed by atoms with E-state index in [1.807, 2.05) is 0 Å². The second-order valence-corrected chi connectivity index (χ2v) is 5.27. The molecule has 0 N–H and O–H groups in total. The molecule has 0 aliphatic heterocycles. The summed E-state index contributed by atoms with van der Waals surface area (Å²) in [5.41, 5.74) is 0. The van der Waals surface area contributed by atoms with E-state index in [-0.39, 0.29) is 0 Å². The molecule has 0 saturated heterocycles. The largest absolute Gasteiger partial charge is 0.724 e. The minimum absolute atomic E-state index is 0.639. The zero-order valence-electron chi connectivity index (χ0n) is 6.86. The van der Waals surface area contributed by atoms with Crippen LogP contribution in [0.4, 0.5) is 0 Å². The Morgan fingerprint density at radius 2 is 1.55 bits per heavy atom. The van der Waals surface area contributed by atoms with E-state index in [0.29, 0.717) is 10.9 Å². The summed E-state index contributed by atoms with van der Waals surface area (Å²) in [4.78, 5) is 3.51. The third-order valence-corrected chi connectivity index (χ3v) is 0.454. The molecular formula is C4H12O5S2. The van der Waals surface area contributed by atoms with Crippen molar-refractivity contribution in [3.05, 3.63) is 0 Å². The van der Waals surface area contributed by atoms with E-state index < -0.39 is 10.4 Å². The Morgan fingerprint density at radius 3 is 1.55 bits per heavy atom. The van der Waals surface area contributed by atoms with Crippen molar-refractivity contribution in [2.75, 3.05) is 25.9 Å². The fourth-order valence-corrected chi connectivity index (χ4v) is 0.250. The molecule has 0 aromatic heterocycles. The predicted octanol–water partition coefficient (Wildman–Crippen LogP) is -0.481. The van der Waals surface area contributed by atoms with Crippen LogP contribution < -0.4 is 0 Å². The van der Waals surface area contributed by atoms with Gasteiger partial charge in [0.25, 0.3) is 0 Å². The van der Waals surface area contributed by atoms with Gasteiger partial charge in [0.05, 0.1) is 25.9 Å². The molecule has 7 heteroatoms. The van der Waals surface area contributed by atoms with E-state index >= 15 is 0 Å². The van der Waals surface area contributed by atoms with Gasteiger partial charge in [-0.1, -0.05) is 0 Å². The van der Waals surface area contributed by atoms with Crippen LogP contribution in [0.5, 0.6) is 0 Å². The van der Waals surface area contributed by atoms with Crippen molar-refractivity contribution in [1.29, 1.82) is 0 Å². The average Bonchev–Trinajstić information content (AvgIpc) is 1.58. The highest BCUT2D eigenvalue weighted by molar-refractivity contribution is 7.94. The molecule has 0 bridgehead atoms. The van der Waals surface area contributed by atoms with Gasteiger partial charge in [-0.15, -0.1) is 4.33 Å². The Morgan fingerprint density at radius 1 is 1.27 bits per heavy atom. The van der Waals surface area contributed by atoms with Gasteiger partial charge in [0, 0.05) is 0 Å². The topological polar surface area (TPSA) is 75.7 Å². The monoisotopic (exact) mass is 204 g/mol. The van der Waals surface area contributed by atoms with E-state index in [2.05, 4.69) is 28.0 Å². The van der Waals surface area contributed by atoms with E-state index in [1.165, 1.54) is 0 Å². The first kappa shape index (κ1) is 13.7. The molecule has 0 unspecified atom stereocenters. The van der Waals surface area contributed by atoms with Crippen molar-refractivity contribution in [1.82, 2.24) is 0 Å². The number of hydrogen-bond acceptors (Lipinski definition) is 5. The van der Waals surface area contributed by atoms with E-state index in [4.69, 9.17) is 0 Å². The molecule has 0 aliphatic carbocycles. The summed E-state index contributed by atoms with van der Waals surface area (Å²) in [5.74, 6) is 0. The Labute approximate surface area is 69.9 Å². The van der Waals surface area contributed by atoms with Gasteiger partial charge in [-0.2, -0.15) is 0 Å². The molecule has 0 heterocycles. The SMILES string of the molecule is COOS(=O)(=O)[O-].C[S+](C)C. The Kier molecular flexibility index (Phi) is 8.58. The van der Waals surface area contributed by atoms with Gasteiger partial charge in [0.15, 0.2) is 0 Å². The molecule has 5 nitrogen and oxygen atoms in total. The highest BCUT2D eigenvalue weighted by Crippen LogP contribution is 1.81. The molecule has 0 fully saturated rings. The third-order valence-electron chi connectivity index (χ3n) is 0.151. The van der Waals surface area contributed by atoms with Crippen LogP contribution in [0.2, 0.25) is 0 Å². The van der Waals surface area contributed by atoms with Crippen molar-refractivity contribution < 1.29 is 22.2 Å². The normalized spacial score (nSPS) is 10.7. The van der Waals surface area contributed by atoms with Crippen LogP contribution in [0.15, 0.2) is 0 Å². The molecule has 0 spiro atoms. The average molecular weight is 204 g/mol. The van der Waals surface area contributed by atoms with Crippen molar-refractivity contribution >= 4 is 21.3 Å². The lowest BCUT2D eigenvalue weighted by Crippen LogP contribution is -2.01. The zero-order valence-corrected chi connectivity index (χ0v) is 8.49. The molecule has 70 valence electrons. The molecule has 0 atom stereocenters. The van der Waals surface area contributed by atoms with E-state index in [1.54, 1.807) is 0 Å². The van der Waals surface area contributed by atoms with Crippen LogP contribution in [0.1, 0.15) is 0 Å². The third kappa shape index (κ3) is 39.0. The standard InChI is InChI=1S/C3H9S.CH4O5S/c1-4(2)3;1-5-6-7(2,3)4/h1-3H3;1H3,(H,2,3,4)/q+1;/p-1. The summed E-state index contributed by atoms with van der Waals surface area (Å²) >= 11 is 0. The second-order valence-electron chi connectivity index (χ2n) is 1.87. The summed E-state index contributed by atoms with van der Waals surface area (Å²) in [6.07, 6.45) is 6.58. The zero-order chi connectivity index (χ0) is 9.49. The Bertz CT molecular complexity index is 159. The molecule has 0 saturated carbocycles. The minimum Gasteiger partial charge on any atom is -0.724 e. The molecule has 0 radical (unpaired) electrons. The molecule has 0 rings (SSSR count). The Hall–Kier alpha value is 0.180. The molecule has 0 aromatic rings. The van der Waals surface area contributed by atoms with E-state index in [0.717, 1.165) is 7.11 Å². The van der Waals surface area contributed by atoms with Gasteiger partial charge < -0.3 is 4.55 Å². The van der Waals surface area contributed by atoms with Gasteiger partial charge in [-0.05, 0) is 10.9 Å². The van der Waals surface area contributed by atoms with Crippen LogP contribution in [-0.2, 0) is 30.5 Å². The van der Waals surface area contributed by atoms with Crippen LogP contribution in [0.25, 0.3) is 0 Å². The summed E-state index contributed by atoms with van der Waals surface area (Å²) in [6.45, 7) is 0. The maximum atomic E-state index is 9.33. The smallest absolute Gasteiger partial charge is 0.245 e. The summed E-state index contributed by atoms with van der Waals surface area (Å²) < 4.78 is 31.1. The molecular weight excluding hydrogens is 192 g/mol. The van der Waals surface area contributed by atoms with Gasteiger partial charge in [0.2, 0.25) is 10.4 Å². The summed E-state index contributed by atoms with van der Waals surface area (Å²) in [6, 6.07) is 0. The van der Waals surface area contributed by atoms with Gasteiger partial charge in [-0.3, -0.25) is 0 Å². The fourth-order valence-electron chi connectivity index (χ4n) is 0.0833. The summed E-state index contributed by atoms with van der Waals surface area (Å²) in [7, 11) is -3.08. The number of rotatable bonds is 2. The molecule has 0 aliphatic rings. The van der Waals surface area contributed by atoms with Crippen molar-refractivity contribution in [2.24, 2.45) is 0 Å². The van der Waals surface area contributed by atoms with Crippen LogP contribution in [-0.4, -0.2) is 38.8 Å². The van der Waals surface area contributed by atoms with Gasteiger partial charge in [-0.25, -0.2) is 13.3 Å². The fraction of sp³-hybridized carbons (Fsp3) is 1.00. The van der Waals surface area contributed by atoms with Crippen molar-refractivity contribution in [2.45, 2.75) is 0 Å². The van der Waals surface area contributed by atoms with Gasteiger partial charge >= 0.3 is 0 Å². The van der Waals surface area contributed by atoms with Crippen molar-refractivity contribution in [3.8, 4) is 0 Å². The van der Waals surface area contributed by atoms with Crippen molar-refractivity contribution in [3.63, 3.8) is 0 Å². The quantitative estimate of drug-likeness (QED) is 0.200. The van der Waals surface area contributed by atoms with Crippen LogP contribution in [0, 0.1) is 0 Å². The first-order valence-electron chi connectivity index (χ1n) is 2.47. The first-order valence-corrected chi connectivity index (χ1v) is 6.25. The molecule has 11 heavy (non-hydrogen) atoms.